The molecule has 0 unspecified atom stereocenters. The van der Waals surface area contributed by atoms with Gasteiger partial charge in [0.2, 0.25) is 0 Å². The molecule has 1 N–H and O–H groups in total. The highest BCUT2D eigenvalue weighted by atomic mass is 32.2. The van der Waals surface area contributed by atoms with Crippen molar-refractivity contribution in [2.75, 3.05) is 26.2 Å². The van der Waals surface area contributed by atoms with Crippen LogP contribution in [0.5, 0.6) is 0 Å². The van der Waals surface area contributed by atoms with Crippen LogP contribution in [0, 0.1) is 6.92 Å². The third-order valence-corrected chi connectivity index (χ3v) is 5.11. The van der Waals surface area contributed by atoms with Crippen molar-refractivity contribution in [2.24, 2.45) is 0 Å². The number of hydrogen-bond acceptors (Lipinski definition) is 5. The van der Waals surface area contributed by atoms with Gasteiger partial charge in [-0.2, -0.15) is 0 Å². The highest BCUT2D eigenvalue weighted by Crippen LogP contribution is 2.13. The van der Waals surface area contributed by atoms with Crippen molar-refractivity contribution in [1.82, 2.24) is 14.5 Å². The summed E-state index contributed by atoms with van der Waals surface area (Å²) in [5.41, 5.74) is 0.335. The minimum Gasteiger partial charge on any atom is -0.444 e. The molecule has 26 heavy (non-hydrogen) atoms. The predicted molar refractivity (Wildman–Crippen MR) is 96.3 cm³/mol. The molecule has 0 saturated carbocycles. The van der Waals surface area contributed by atoms with Crippen molar-refractivity contribution in [2.45, 2.75) is 38.2 Å². The summed E-state index contributed by atoms with van der Waals surface area (Å²) in [6.45, 7) is 8.22. The van der Waals surface area contributed by atoms with Crippen LogP contribution in [-0.4, -0.2) is 62.1 Å². The topological polar surface area (TPSA) is 96.0 Å². The van der Waals surface area contributed by atoms with E-state index in [1.165, 1.54) is 21.9 Å². The number of sulfonamides is 1. The number of carbonyl (C=O) groups excluding carboxylic acids is 2. The van der Waals surface area contributed by atoms with E-state index in [-0.39, 0.29) is 31.1 Å². The number of aryl methyl sites for hydroxylation is 1. The number of nitrogens with one attached hydrogen (secondary N) is 1. The lowest BCUT2D eigenvalue weighted by Crippen LogP contribution is -2.54. The van der Waals surface area contributed by atoms with Crippen LogP contribution >= 0.6 is 0 Å². The second-order valence-electron chi connectivity index (χ2n) is 7.18. The zero-order valence-corrected chi connectivity index (χ0v) is 16.3. The molecule has 2 rings (SSSR count). The maximum Gasteiger partial charge on any atom is 0.410 e. The molecular formula is C17H25N3O5S. The predicted octanol–water partition coefficient (Wildman–Crippen LogP) is 1.95. The molecule has 0 bridgehead atoms. The number of piperazine rings is 1. The van der Waals surface area contributed by atoms with E-state index < -0.39 is 27.7 Å². The lowest BCUT2D eigenvalue weighted by molar-refractivity contribution is 0.0171. The van der Waals surface area contributed by atoms with Crippen LogP contribution in [0.15, 0.2) is 29.2 Å². The summed E-state index contributed by atoms with van der Waals surface area (Å²) < 4.78 is 31.9. The summed E-state index contributed by atoms with van der Waals surface area (Å²) >= 11 is 0. The van der Waals surface area contributed by atoms with Gasteiger partial charge in [0.15, 0.2) is 0 Å². The van der Waals surface area contributed by atoms with Crippen molar-refractivity contribution in [3.63, 3.8) is 0 Å². The van der Waals surface area contributed by atoms with Gasteiger partial charge in [0, 0.05) is 26.2 Å². The first-order valence-electron chi connectivity index (χ1n) is 8.34. The third kappa shape index (κ3) is 5.35. The molecule has 9 heteroatoms. The van der Waals surface area contributed by atoms with E-state index in [2.05, 4.69) is 4.72 Å². The molecule has 0 aromatic heterocycles. The van der Waals surface area contributed by atoms with E-state index in [0.29, 0.717) is 0 Å². The number of carbonyl (C=O) groups is 2. The monoisotopic (exact) mass is 383 g/mol. The first kappa shape index (κ1) is 20.0. The Morgan fingerprint density at radius 3 is 2.00 bits per heavy atom. The zero-order chi connectivity index (χ0) is 19.5. The first-order valence-corrected chi connectivity index (χ1v) is 9.82. The van der Waals surface area contributed by atoms with Crippen LogP contribution in [0.1, 0.15) is 26.3 Å². The molecule has 1 aliphatic heterocycles. The van der Waals surface area contributed by atoms with E-state index in [4.69, 9.17) is 4.74 Å². The molecule has 0 aliphatic carbocycles. The van der Waals surface area contributed by atoms with Gasteiger partial charge in [0.25, 0.3) is 10.0 Å². The molecule has 8 nitrogen and oxygen atoms in total. The molecule has 1 aliphatic rings. The molecule has 0 atom stereocenters. The molecule has 144 valence electrons. The fourth-order valence-electron chi connectivity index (χ4n) is 2.37. The second kappa shape index (κ2) is 7.53. The Morgan fingerprint density at radius 1 is 1.00 bits per heavy atom. The molecule has 1 aromatic carbocycles. The molecule has 1 aromatic rings. The fraction of sp³-hybridized carbons (Fsp3) is 0.529. The summed E-state index contributed by atoms with van der Waals surface area (Å²) in [6, 6.07) is 5.53. The molecule has 0 radical (unpaired) electrons. The highest BCUT2D eigenvalue weighted by Gasteiger charge is 2.29. The number of ether oxygens (including phenoxy) is 1. The van der Waals surface area contributed by atoms with E-state index >= 15 is 0 Å². The number of rotatable bonds is 2. The maximum atomic E-state index is 12.3. The van der Waals surface area contributed by atoms with E-state index in [1.807, 2.05) is 6.92 Å². The van der Waals surface area contributed by atoms with Crippen molar-refractivity contribution < 1.29 is 22.7 Å². The van der Waals surface area contributed by atoms with Crippen LogP contribution in [0.4, 0.5) is 9.59 Å². The normalized spacial score (nSPS) is 15.5. The summed E-state index contributed by atoms with van der Waals surface area (Å²) in [5, 5.41) is 0. The van der Waals surface area contributed by atoms with E-state index in [1.54, 1.807) is 32.9 Å². The highest BCUT2D eigenvalue weighted by molar-refractivity contribution is 7.90. The van der Waals surface area contributed by atoms with Gasteiger partial charge in [0.05, 0.1) is 4.90 Å². The Bertz CT molecular complexity index is 761. The standard InChI is InChI=1S/C17H25N3O5S/c1-13-5-7-14(8-6-13)26(23,24)18-15(21)19-9-11-20(12-10-19)16(22)25-17(2,3)4/h5-8H,9-12H2,1-4H3,(H,18,21). The largest absolute Gasteiger partial charge is 0.444 e. The Balaban J connectivity index is 1.92. The van der Waals surface area contributed by atoms with Gasteiger partial charge in [-0.3, -0.25) is 0 Å². The average molecular weight is 383 g/mol. The maximum absolute atomic E-state index is 12.3. The van der Waals surface area contributed by atoms with Gasteiger partial charge in [-0.1, -0.05) is 17.7 Å². The van der Waals surface area contributed by atoms with Crippen LogP contribution in [-0.2, 0) is 14.8 Å². The smallest absolute Gasteiger partial charge is 0.410 e. The van der Waals surface area contributed by atoms with Gasteiger partial charge in [0.1, 0.15) is 5.60 Å². The minimum absolute atomic E-state index is 0.0313. The lowest BCUT2D eigenvalue weighted by atomic mass is 10.2. The lowest BCUT2D eigenvalue weighted by Gasteiger charge is -2.35. The Kier molecular flexibility index (Phi) is 5.80. The van der Waals surface area contributed by atoms with Gasteiger partial charge in [-0.15, -0.1) is 0 Å². The molecule has 1 fully saturated rings. The van der Waals surface area contributed by atoms with Gasteiger partial charge >= 0.3 is 12.1 Å². The number of urea groups is 1. The van der Waals surface area contributed by atoms with Crippen molar-refractivity contribution in [3.05, 3.63) is 29.8 Å². The summed E-state index contributed by atoms with van der Waals surface area (Å²) in [4.78, 5) is 27.2. The molecule has 1 heterocycles. The van der Waals surface area contributed by atoms with Crippen LogP contribution in [0.2, 0.25) is 0 Å². The van der Waals surface area contributed by atoms with Gasteiger partial charge < -0.3 is 14.5 Å². The molecule has 0 spiro atoms. The Morgan fingerprint density at radius 2 is 1.50 bits per heavy atom. The van der Waals surface area contributed by atoms with Crippen LogP contribution in [0.3, 0.4) is 0 Å². The summed E-state index contributed by atoms with van der Waals surface area (Å²) in [7, 11) is -3.93. The number of nitrogens with zero attached hydrogens (tertiary/aromatic N) is 2. The second-order valence-corrected chi connectivity index (χ2v) is 8.86. The van der Waals surface area contributed by atoms with Gasteiger partial charge in [-0.25, -0.2) is 22.7 Å². The van der Waals surface area contributed by atoms with Crippen molar-refractivity contribution in [1.29, 1.82) is 0 Å². The van der Waals surface area contributed by atoms with Crippen LogP contribution in [0.25, 0.3) is 0 Å². The number of benzene rings is 1. The van der Waals surface area contributed by atoms with E-state index in [0.717, 1.165) is 5.56 Å². The van der Waals surface area contributed by atoms with Gasteiger partial charge in [-0.05, 0) is 39.8 Å². The first-order chi connectivity index (χ1) is 12.0. The molecule has 1 saturated heterocycles. The third-order valence-electron chi connectivity index (χ3n) is 3.77. The molecular weight excluding hydrogens is 358 g/mol. The van der Waals surface area contributed by atoms with Crippen molar-refractivity contribution in [3.8, 4) is 0 Å². The van der Waals surface area contributed by atoms with Crippen LogP contribution < -0.4 is 4.72 Å². The van der Waals surface area contributed by atoms with Crippen molar-refractivity contribution >= 4 is 22.1 Å². The SMILES string of the molecule is Cc1ccc(S(=O)(=O)NC(=O)N2CCN(C(=O)OC(C)(C)C)CC2)cc1. The number of hydrogen-bond donors (Lipinski definition) is 1. The number of amides is 3. The zero-order valence-electron chi connectivity index (χ0n) is 15.5. The van der Waals surface area contributed by atoms with E-state index in [9.17, 15) is 18.0 Å². The minimum atomic E-state index is -3.93. The summed E-state index contributed by atoms with van der Waals surface area (Å²) in [6.07, 6.45) is -0.440. The summed E-state index contributed by atoms with van der Waals surface area (Å²) in [5.74, 6) is 0. The molecule has 3 amide bonds. The average Bonchev–Trinajstić information content (AvgIpc) is 2.53. The fourth-order valence-corrected chi connectivity index (χ4v) is 3.35. The quantitative estimate of drug-likeness (QED) is 0.842. The Hall–Kier alpha value is -2.29. The Labute approximate surface area is 154 Å².